The fourth-order valence-electron chi connectivity index (χ4n) is 3.54. The largest absolute Gasteiger partial charge is 0.459 e. The van der Waals surface area contributed by atoms with Crippen molar-refractivity contribution in [2.75, 3.05) is 6.61 Å². The van der Waals surface area contributed by atoms with Gasteiger partial charge in [0.25, 0.3) is 11.4 Å². The molecule has 1 saturated heterocycles. The highest BCUT2D eigenvalue weighted by atomic mass is 19.2. The lowest BCUT2D eigenvalue weighted by Crippen LogP contribution is -2.44. The second-order valence-corrected chi connectivity index (χ2v) is 7.93. The van der Waals surface area contributed by atoms with Crippen LogP contribution in [0.3, 0.4) is 0 Å². The third-order valence-electron chi connectivity index (χ3n) is 5.70. The van der Waals surface area contributed by atoms with E-state index in [0.717, 1.165) is 12.3 Å². The minimum atomic E-state index is -3.01. The zero-order chi connectivity index (χ0) is 25.8. The van der Waals surface area contributed by atoms with Gasteiger partial charge in [-0.15, -0.1) is 0 Å². The van der Waals surface area contributed by atoms with E-state index >= 15 is 4.39 Å². The van der Waals surface area contributed by atoms with E-state index in [-0.39, 0.29) is 5.56 Å². The van der Waals surface area contributed by atoms with Crippen LogP contribution in [0.5, 0.6) is 0 Å². The van der Waals surface area contributed by atoms with Crippen LogP contribution in [0.25, 0.3) is 0 Å². The molecule has 2 N–H and O–H groups in total. The van der Waals surface area contributed by atoms with E-state index in [1.165, 1.54) is 24.5 Å². The van der Waals surface area contributed by atoms with Crippen molar-refractivity contribution in [3.8, 4) is 0 Å². The van der Waals surface area contributed by atoms with Crippen LogP contribution in [-0.2, 0) is 25.7 Å². The van der Waals surface area contributed by atoms with Gasteiger partial charge >= 0.3 is 17.6 Å². The first kappa shape index (κ1) is 26.2. The van der Waals surface area contributed by atoms with Crippen LogP contribution < -0.4 is 11.2 Å². The maximum Gasteiger partial charge on any atom is 0.341 e. The van der Waals surface area contributed by atoms with Crippen molar-refractivity contribution in [2.24, 2.45) is 5.92 Å². The molecule has 3 rings (SSSR count). The minimum absolute atomic E-state index is 0.0830. The first-order chi connectivity index (χ1) is 16.6. The predicted molar refractivity (Wildman–Crippen MR) is 116 cm³/mol. The summed E-state index contributed by atoms with van der Waals surface area (Å²) in [5.41, 5.74) is -1.87. The minimum Gasteiger partial charge on any atom is -0.459 e. The van der Waals surface area contributed by atoms with Gasteiger partial charge in [0.15, 0.2) is 19.6 Å². The molecule has 35 heavy (non-hydrogen) atoms. The number of ether oxygens (including phenoxy) is 3. The van der Waals surface area contributed by atoms with Gasteiger partial charge in [0.2, 0.25) is 0 Å². The SMILES string of the molecule is CCC(CC)C(=O)OC[C@@]1(F)O[C@@H](n2ccc(=O)n(COC(=O)c3cccnc3)c2=O)[C@H](O)[C@@H]1O. The van der Waals surface area contributed by atoms with E-state index in [0.29, 0.717) is 22.0 Å². The molecule has 13 heteroatoms. The Kier molecular flexibility index (Phi) is 8.14. The molecular weight excluding hydrogens is 469 g/mol. The van der Waals surface area contributed by atoms with Gasteiger partial charge in [0.1, 0.15) is 12.2 Å². The van der Waals surface area contributed by atoms with Crippen LogP contribution in [0, 0.1) is 5.92 Å². The van der Waals surface area contributed by atoms with Gasteiger partial charge in [0, 0.05) is 24.7 Å². The number of hydrogen-bond donors (Lipinski definition) is 2. The van der Waals surface area contributed by atoms with E-state index in [2.05, 4.69) is 4.98 Å². The molecule has 3 heterocycles. The third kappa shape index (κ3) is 5.47. The number of esters is 2. The van der Waals surface area contributed by atoms with Crippen LogP contribution in [-0.4, -0.2) is 60.9 Å². The highest BCUT2D eigenvalue weighted by molar-refractivity contribution is 5.88. The highest BCUT2D eigenvalue weighted by Crippen LogP contribution is 2.38. The Labute approximate surface area is 198 Å². The van der Waals surface area contributed by atoms with E-state index in [4.69, 9.17) is 14.2 Å². The van der Waals surface area contributed by atoms with Crippen LogP contribution in [0.2, 0.25) is 0 Å². The Morgan fingerprint density at radius 1 is 1.23 bits per heavy atom. The summed E-state index contributed by atoms with van der Waals surface area (Å²) in [5.74, 6) is -5.03. The Morgan fingerprint density at radius 2 is 1.94 bits per heavy atom. The molecule has 4 atom stereocenters. The summed E-state index contributed by atoms with van der Waals surface area (Å²) in [4.78, 5) is 53.0. The summed E-state index contributed by atoms with van der Waals surface area (Å²) in [6, 6.07) is 3.82. The standard InChI is InChI=1S/C22H26FN3O9/c1-3-13(4-2)19(30)33-11-22(23)17(29)16(28)18(35-22)25-9-7-15(27)26(21(25)32)12-34-20(31)14-6-5-8-24-10-14/h5-10,13,16-18,28-29H,3-4,11-12H2,1-2H3/t16-,17+,18-,22-/m1/s1. The van der Waals surface area contributed by atoms with Gasteiger partial charge in [-0.3, -0.25) is 19.1 Å². The van der Waals surface area contributed by atoms with Crippen LogP contribution >= 0.6 is 0 Å². The number of alkyl halides is 1. The highest BCUT2D eigenvalue weighted by Gasteiger charge is 2.57. The fraction of sp³-hybridized carbons (Fsp3) is 0.500. The molecule has 0 bridgehead atoms. The predicted octanol–water partition coefficient (Wildman–Crippen LogP) is 0.115. The average Bonchev–Trinajstić information content (AvgIpc) is 3.08. The lowest BCUT2D eigenvalue weighted by molar-refractivity contribution is -0.218. The Bertz CT molecular complexity index is 1160. The first-order valence-corrected chi connectivity index (χ1v) is 10.9. The molecule has 2 aromatic rings. The van der Waals surface area contributed by atoms with E-state index in [1.54, 1.807) is 13.8 Å². The van der Waals surface area contributed by atoms with Gasteiger partial charge in [-0.25, -0.2) is 18.5 Å². The number of carbonyl (C=O) groups excluding carboxylic acids is 2. The van der Waals surface area contributed by atoms with Gasteiger partial charge in [0.05, 0.1) is 11.5 Å². The number of pyridine rings is 1. The lowest BCUT2D eigenvalue weighted by atomic mass is 10.0. The van der Waals surface area contributed by atoms with Gasteiger partial charge < -0.3 is 24.4 Å². The lowest BCUT2D eigenvalue weighted by Gasteiger charge is -2.23. The number of aliphatic hydroxyl groups excluding tert-OH is 2. The zero-order valence-electron chi connectivity index (χ0n) is 19.1. The smallest absolute Gasteiger partial charge is 0.341 e. The molecule has 0 spiro atoms. The molecule has 0 amide bonds. The van der Waals surface area contributed by atoms with Crippen molar-refractivity contribution in [2.45, 2.75) is 57.7 Å². The van der Waals surface area contributed by atoms with Crippen molar-refractivity contribution >= 4 is 11.9 Å². The zero-order valence-corrected chi connectivity index (χ0v) is 19.1. The summed E-state index contributed by atoms with van der Waals surface area (Å²) in [7, 11) is 0. The van der Waals surface area contributed by atoms with E-state index < -0.39 is 66.7 Å². The molecule has 0 saturated carbocycles. The van der Waals surface area contributed by atoms with E-state index in [9.17, 15) is 29.4 Å². The second kappa shape index (κ2) is 10.9. The molecule has 1 fully saturated rings. The number of rotatable bonds is 9. The third-order valence-corrected chi connectivity index (χ3v) is 5.70. The van der Waals surface area contributed by atoms with Crippen LogP contribution in [0.1, 0.15) is 43.3 Å². The quantitative estimate of drug-likeness (QED) is 0.457. The summed E-state index contributed by atoms with van der Waals surface area (Å²) in [5, 5.41) is 20.6. The van der Waals surface area contributed by atoms with Crippen LogP contribution in [0.15, 0.2) is 46.4 Å². The first-order valence-electron chi connectivity index (χ1n) is 10.9. The molecule has 12 nitrogen and oxygen atoms in total. The summed E-state index contributed by atoms with van der Waals surface area (Å²) < 4.78 is 31.5. The topological polar surface area (TPSA) is 159 Å². The Morgan fingerprint density at radius 3 is 2.57 bits per heavy atom. The van der Waals surface area contributed by atoms with Gasteiger partial charge in [-0.2, -0.15) is 0 Å². The molecule has 0 unspecified atom stereocenters. The molecule has 190 valence electrons. The number of aliphatic hydroxyl groups is 2. The molecule has 1 aliphatic rings. The van der Waals surface area contributed by atoms with Crippen molar-refractivity contribution in [1.29, 1.82) is 0 Å². The van der Waals surface area contributed by atoms with Crippen LogP contribution in [0.4, 0.5) is 4.39 Å². The molecule has 1 aliphatic heterocycles. The summed E-state index contributed by atoms with van der Waals surface area (Å²) in [6.45, 7) is 1.72. The maximum absolute atomic E-state index is 15.3. The average molecular weight is 495 g/mol. The summed E-state index contributed by atoms with van der Waals surface area (Å²) in [6.07, 6.45) is -1.35. The molecule has 2 aromatic heterocycles. The molecular formula is C22H26FN3O9. The van der Waals surface area contributed by atoms with Crippen molar-refractivity contribution < 1.29 is 38.4 Å². The number of nitrogens with zero attached hydrogens (tertiary/aromatic N) is 3. The Hall–Kier alpha value is -3.42. The molecule has 0 aliphatic carbocycles. The molecule has 0 aromatic carbocycles. The second-order valence-electron chi connectivity index (χ2n) is 7.93. The Balaban J connectivity index is 1.78. The monoisotopic (exact) mass is 495 g/mol. The number of halogens is 1. The van der Waals surface area contributed by atoms with Gasteiger partial charge in [-0.1, -0.05) is 13.8 Å². The van der Waals surface area contributed by atoms with Crippen molar-refractivity contribution in [3.05, 3.63) is 63.2 Å². The van der Waals surface area contributed by atoms with Crippen molar-refractivity contribution in [3.63, 3.8) is 0 Å². The maximum atomic E-state index is 15.3. The number of carbonyl (C=O) groups is 2. The normalized spacial score (nSPS) is 23.9. The number of hydrogen-bond acceptors (Lipinski definition) is 10. The van der Waals surface area contributed by atoms with Crippen molar-refractivity contribution in [1.82, 2.24) is 14.1 Å². The summed E-state index contributed by atoms with van der Waals surface area (Å²) >= 11 is 0. The van der Waals surface area contributed by atoms with E-state index in [1.807, 2.05) is 0 Å². The molecule has 0 radical (unpaired) electrons. The van der Waals surface area contributed by atoms with Gasteiger partial charge in [-0.05, 0) is 25.0 Å². The number of aromatic nitrogens is 3. The fourth-order valence-corrected chi connectivity index (χ4v) is 3.54.